The van der Waals surface area contributed by atoms with Gasteiger partial charge in [-0.2, -0.15) is 0 Å². The fourth-order valence-electron chi connectivity index (χ4n) is 2.46. The first kappa shape index (κ1) is 14.9. The van der Waals surface area contributed by atoms with Crippen LogP contribution in [0.1, 0.15) is 29.4 Å². The molecule has 2 rings (SSSR count). The Bertz CT molecular complexity index is 513. The van der Waals surface area contributed by atoms with Crippen molar-refractivity contribution in [2.24, 2.45) is 0 Å². The standard InChI is InChI=1S/C13H20N2O4S/c1-13(17)5-4-6-15(7-13)11-9(18-2)8(14)10(20-11)12(16)19-3/h17H,4-7,14H2,1-3H3. The number of thiophene rings is 1. The summed E-state index contributed by atoms with van der Waals surface area (Å²) >= 11 is 1.24. The average Bonchev–Trinajstić information content (AvgIpc) is 2.73. The molecule has 1 aliphatic heterocycles. The van der Waals surface area contributed by atoms with E-state index in [1.54, 1.807) is 0 Å². The lowest BCUT2D eigenvalue weighted by Gasteiger charge is -2.37. The highest BCUT2D eigenvalue weighted by Gasteiger charge is 2.33. The monoisotopic (exact) mass is 300 g/mol. The largest absolute Gasteiger partial charge is 0.492 e. The lowest BCUT2D eigenvalue weighted by atomic mass is 9.95. The van der Waals surface area contributed by atoms with Gasteiger partial charge in [0.05, 0.1) is 19.8 Å². The topological polar surface area (TPSA) is 85.0 Å². The Morgan fingerprint density at radius 2 is 2.20 bits per heavy atom. The quantitative estimate of drug-likeness (QED) is 0.822. The van der Waals surface area contributed by atoms with Gasteiger partial charge in [0.2, 0.25) is 0 Å². The van der Waals surface area contributed by atoms with Crippen molar-refractivity contribution in [1.82, 2.24) is 0 Å². The zero-order chi connectivity index (χ0) is 14.9. The Kier molecular flexibility index (Phi) is 4.10. The van der Waals surface area contributed by atoms with Crippen molar-refractivity contribution in [2.75, 3.05) is 37.9 Å². The Morgan fingerprint density at radius 3 is 2.75 bits per heavy atom. The molecule has 0 bridgehead atoms. The summed E-state index contributed by atoms with van der Waals surface area (Å²) in [5, 5.41) is 11.0. The average molecular weight is 300 g/mol. The van der Waals surface area contributed by atoms with Crippen molar-refractivity contribution >= 4 is 28.0 Å². The summed E-state index contributed by atoms with van der Waals surface area (Å²) in [6.45, 7) is 3.10. The second kappa shape index (κ2) is 5.49. The van der Waals surface area contributed by atoms with E-state index in [4.69, 9.17) is 15.2 Å². The van der Waals surface area contributed by atoms with Crippen LogP contribution in [0.15, 0.2) is 0 Å². The van der Waals surface area contributed by atoms with E-state index in [1.807, 2.05) is 11.8 Å². The molecule has 0 aliphatic carbocycles. The number of aliphatic hydroxyl groups is 1. The van der Waals surface area contributed by atoms with Crippen LogP contribution in [0.3, 0.4) is 0 Å². The van der Waals surface area contributed by atoms with Crippen LogP contribution in [0.2, 0.25) is 0 Å². The van der Waals surface area contributed by atoms with Crippen LogP contribution in [-0.2, 0) is 4.74 Å². The molecule has 6 nitrogen and oxygen atoms in total. The third-order valence-corrected chi connectivity index (χ3v) is 4.65. The molecule has 0 saturated carbocycles. The second-order valence-electron chi connectivity index (χ2n) is 5.20. The molecule has 1 aromatic heterocycles. The molecular weight excluding hydrogens is 280 g/mol. The Balaban J connectivity index is 2.38. The fraction of sp³-hybridized carbons (Fsp3) is 0.615. The first-order valence-electron chi connectivity index (χ1n) is 6.41. The van der Waals surface area contributed by atoms with Gasteiger partial charge in [-0.3, -0.25) is 0 Å². The van der Waals surface area contributed by atoms with Crippen LogP contribution in [0.4, 0.5) is 10.7 Å². The molecule has 0 amide bonds. The number of methoxy groups -OCH3 is 2. The first-order valence-corrected chi connectivity index (χ1v) is 7.23. The molecule has 2 heterocycles. The van der Waals surface area contributed by atoms with Crippen LogP contribution in [0, 0.1) is 0 Å². The van der Waals surface area contributed by atoms with E-state index in [-0.39, 0.29) is 0 Å². The number of rotatable bonds is 3. The molecule has 1 atom stereocenters. The van der Waals surface area contributed by atoms with Gasteiger partial charge < -0.3 is 25.2 Å². The summed E-state index contributed by atoms with van der Waals surface area (Å²) in [7, 11) is 2.84. The zero-order valence-electron chi connectivity index (χ0n) is 11.9. The minimum atomic E-state index is -0.743. The van der Waals surface area contributed by atoms with Crippen molar-refractivity contribution in [3.8, 4) is 5.75 Å². The predicted molar refractivity (Wildman–Crippen MR) is 78.7 cm³/mol. The van der Waals surface area contributed by atoms with Crippen molar-refractivity contribution in [2.45, 2.75) is 25.4 Å². The predicted octanol–water partition coefficient (Wildman–Crippen LogP) is 1.48. The molecule has 1 aromatic rings. The number of β-amino-alcohol motifs (C(OH)–C–C–N with tert-alkyl or cyclic N) is 1. The summed E-state index contributed by atoms with van der Waals surface area (Å²) in [5.41, 5.74) is 5.51. The van der Waals surface area contributed by atoms with Gasteiger partial charge in [0.1, 0.15) is 15.6 Å². The van der Waals surface area contributed by atoms with Gasteiger partial charge in [-0.15, -0.1) is 11.3 Å². The van der Waals surface area contributed by atoms with Gasteiger partial charge in [-0.05, 0) is 19.8 Å². The van der Waals surface area contributed by atoms with E-state index in [1.165, 1.54) is 25.6 Å². The molecule has 1 aliphatic rings. The Morgan fingerprint density at radius 1 is 1.50 bits per heavy atom. The molecule has 0 spiro atoms. The van der Waals surface area contributed by atoms with Gasteiger partial charge in [-0.25, -0.2) is 4.79 Å². The maximum absolute atomic E-state index is 11.7. The summed E-state index contributed by atoms with van der Waals surface area (Å²) in [5.74, 6) is 0.00826. The van der Waals surface area contributed by atoms with E-state index < -0.39 is 11.6 Å². The molecule has 20 heavy (non-hydrogen) atoms. The molecule has 1 saturated heterocycles. The molecule has 0 aromatic carbocycles. The third kappa shape index (κ3) is 2.69. The Hall–Kier alpha value is -1.47. The number of anilines is 2. The highest BCUT2D eigenvalue weighted by Crippen LogP contribution is 2.46. The highest BCUT2D eigenvalue weighted by atomic mass is 32.1. The maximum atomic E-state index is 11.7. The van der Waals surface area contributed by atoms with E-state index in [0.29, 0.717) is 22.9 Å². The summed E-state index contributed by atoms with van der Waals surface area (Å²) in [4.78, 5) is 14.1. The lowest BCUT2D eigenvalue weighted by Crippen LogP contribution is -2.46. The second-order valence-corrected chi connectivity index (χ2v) is 6.20. The number of carbonyl (C=O) groups excluding carboxylic acids is 1. The number of ether oxygens (including phenoxy) is 2. The third-order valence-electron chi connectivity index (χ3n) is 3.42. The SMILES string of the molecule is COC(=O)c1sc(N2CCCC(C)(O)C2)c(OC)c1N. The molecule has 112 valence electrons. The fourth-order valence-corrected chi connectivity index (χ4v) is 3.59. The molecule has 7 heteroatoms. The van der Waals surface area contributed by atoms with E-state index in [2.05, 4.69) is 0 Å². The number of nitrogens with two attached hydrogens (primary N) is 1. The number of piperidine rings is 1. The normalized spacial score (nSPS) is 22.7. The van der Waals surface area contributed by atoms with Crippen LogP contribution in [-0.4, -0.2) is 44.0 Å². The minimum Gasteiger partial charge on any atom is -0.492 e. The van der Waals surface area contributed by atoms with Crippen LogP contribution < -0.4 is 15.4 Å². The van der Waals surface area contributed by atoms with E-state index in [9.17, 15) is 9.90 Å². The highest BCUT2D eigenvalue weighted by molar-refractivity contribution is 7.19. The van der Waals surface area contributed by atoms with Crippen LogP contribution in [0.25, 0.3) is 0 Å². The number of hydrogen-bond acceptors (Lipinski definition) is 7. The summed E-state index contributed by atoms with van der Waals surface area (Å²) in [6, 6.07) is 0. The van der Waals surface area contributed by atoms with Crippen LogP contribution >= 0.6 is 11.3 Å². The van der Waals surface area contributed by atoms with Crippen molar-refractivity contribution in [1.29, 1.82) is 0 Å². The smallest absolute Gasteiger partial charge is 0.350 e. The number of carbonyl (C=O) groups is 1. The number of nitrogens with zero attached hydrogens (tertiary/aromatic N) is 1. The van der Waals surface area contributed by atoms with Gasteiger partial charge in [-0.1, -0.05) is 0 Å². The lowest BCUT2D eigenvalue weighted by molar-refractivity contribution is 0.0450. The maximum Gasteiger partial charge on any atom is 0.350 e. The zero-order valence-corrected chi connectivity index (χ0v) is 12.7. The van der Waals surface area contributed by atoms with Crippen LogP contribution in [0.5, 0.6) is 5.75 Å². The van der Waals surface area contributed by atoms with Crippen molar-refractivity contribution < 1.29 is 19.4 Å². The number of nitrogen functional groups attached to an aromatic ring is 1. The number of hydrogen-bond donors (Lipinski definition) is 2. The van der Waals surface area contributed by atoms with Crippen molar-refractivity contribution in [3.63, 3.8) is 0 Å². The van der Waals surface area contributed by atoms with Gasteiger partial charge in [0.15, 0.2) is 5.75 Å². The van der Waals surface area contributed by atoms with Crippen molar-refractivity contribution in [3.05, 3.63) is 4.88 Å². The summed E-state index contributed by atoms with van der Waals surface area (Å²) < 4.78 is 10.1. The molecule has 3 N–H and O–H groups in total. The molecule has 0 radical (unpaired) electrons. The first-order chi connectivity index (χ1) is 9.39. The van der Waals surface area contributed by atoms with E-state index in [0.717, 1.165) is 24.4 Å². The van der Waals surface area contributed by atoms with Gasteiger partial charge >= 0.3 is 5.97 Å². The minimum absolute atomic E-state index is 0.296. The molecule has 1 fully saturated rings. The van der Waals surface area contributed by atoms with Gasteiger partial charge in [0.25, 0.3) is 0 Å². The van der Waals surface area contributed by atoms with Gasteiger partial charge in [0, 0.05) is 13.1 Å². The van der Waals surface area contributed by atoms with E-state index >= 15 is 0 Å². The number of esters is 1. The summed E-state index contributed by atoms with van der Waals surface area (Å²) in [6.07, 6.45) is 1.64. The Labute approximate surface area is 122 Å². The molecular formula is C13H20N2O4S. The molecule has 1 unspecified atom stereocenters.